The molecule has 0 unspecified atom stereocenters. The Morgan fingerprint density at radius 2 is 1.74 bits per heavy atom. The average Bonchev–Trinajstić information content (AvgIpc) is 3.08. The number of fused-ring (bicyclic) bond motifs is 1. The first-order valence-corrected chi connectivity index (χ1v) is 9.90. The number of oxazole rings is 1. The van der Waals surface area contributed by atoms with Gasteiger partial charge in [-0.05, 0) is 35.5 Å². The number of aromatic nitrogens is 1. The van der Waals surface area contributed by atoms with Crippen molar-refractivity contribution in [3.63, 3.8) is 0 Å². The van der Waals surface area contributed by atoms with E-state index in [2.05, 4.69) is 18.2 Å². The molecule has 0 amide bonds. The highest BCUT2D eigenvalue weighted by atomic mass is 32.9. The van der Waals surface area contributed by atoms with Crippen LogP contribution < -0.4 is 0 Å². The van der Waals surface area contributed by atoms with Gasteiger partial charge < -0.3 is 8.98 Å². The van der Waals surface area contributed by atoms with Crippen LogP contribution in [0.1, 0.15) is 0 Å². The topological polar surface area (TPSA) is 18.1 Å². The Balaban J connectivity index is 1.96. The van der Waals surface area contributed by atoms with Crippen LogP contribution in [0.5, 0.6) is 0 Å². The lowest BCUT2D eigenvalue weighted by molar-refractivity contribution is 0.559. The Hall–Kier alpha value is -1.60. The number of aryl methyl sites for hydroxylation is 1. The molecule has 0 fully saturated rings. The van der Waals surface area contributed by atoms with Crippen LogP contribution in [0.15, 0.2) is 52.9 Å². The monoisotopic (exact) mass is 373 g/mol. The van der Waals surface area contributed by atoms with Gasteiger partial charge in [-0.3, -0.25) is 0 Å². The fraction of sp³-hybridized carbons (Fsp3) is 0.0588. The van der Waals surface area contributed by atoms with E-state index in [0.29, 0.717) is 4.84 Å². The minimum atomic E-state index is 0.485. The minimum absolute atomic E-state index is 0.485. The molecule has 2 aromatic carbocycles. The van der Waals surface area contributed by atoms with Gasteiger partial charge in [-0.2, -0.15) is 0 Å². The van der Waals surface area contributed by atoms with E-state index in [0.717, 1.165) is 31.6 Å². The summed E-state index contributed by atoms with van der Waals surface area (Å²) in [4.78, 5) is 1.66. The molecule has 4 aromatic rings. The molecule has 0 aliphatic rings. The Bertz CT molecular complexity index is 1110. The molecule has 0 aliphatic heterocycles. The van der Waals surface area contributed by atoms with Crippen LogP contribution in [0, 0.1) is 8.66 Å². The zero-order valence-electron chi connectivity index (χ0n) is 12.1. The number of rotatable bonds is 2. The van der Waals surface area contributed by atoms with Crippen LogP contribution in [0.4, 0.5) is 0 Å². The van der Waals surface area contributed by atoms with Crippen molar-refractivity contribution in [2.45, 2.75) is 0 Å². The summed E-state index contributed by atoms with van der Waals surface area (Å²) >= 11 is 10.8. The van der Waals surface area contributed by atoms with E-state index in [9.17, 15) is 0 Å². The van der Waals surface area contributed by atoms with Gasteiger partial charge in [0, 0.05) is 12.6 Å². The highest BCUT2D eigenvalue weighted by molar-refractivity contribution is 7.80. The second-order valence-corrected chi connectivity index (χ2v) is 8.30. The first kappa shape index (κ1) is 15.0. The maximum absolute atomic E-state index is 5.67. The van der Waals surface area contributed by atoms with Gasteiger partial charge in [0.15, 0.2) is 5.58 Å². The third-order valence-electron chi connectivity index (χ3n) is 3.75. The summed E-state index contributed by atoms with van der Waals surface area (Å²) in [6.07, 6.45) is 0. The lowest BCUT2D eigenvalue weighted by Crippen LogP contribution is -1.86. The fourth-order valence-electron chi connectivity index (χ4n) is 2.58. The second-order valence-electron chi connectivity index (χ2n) is 5.13. The molecule has 0 aliphatic carbocycles. The fourth-order valence-corrected chi connectivity index (χ4v) is 5.67. The average molecular weight is 374 g/mol. The van der Waals surface area contributed by atoms with Crippen molar-refractivity contribution in [2.24, 2.45) is 7.05 Å². The molecule has 0 saturated carbocycles. The van der Waals surface area contributed by atoms with Crippen LogP contribution in [0.3, 0.4) is 0 Å². The standard InChI is InChI=1S/C17H11NOS4/c1-18-12-8-7-11(9-13(12)19-17(18)21)15-14(16(20)23-22-15)10-5-3-2-4-6-10/h2-9H,1H3. The Kier molecular flexibility index (Phi) is 3.77. The van der Waals surface area contributed by atoms with Crippen LogP contribution in [-0.2, 0) is 7.05 Å². The Morgan fingerprint density at radius 1 is 0.957 bits per heavy atom. The van der Waals surface area contributed by atoms with Crippen LogP contribution >= 0.6 is 45.1 Å². The van der Waals surface area contributed by atoms with Gasteiger partial charge in [0.1, 0.15) is 3.82 Å². The van der Waals surface area contributed by atoms with Crippen LogP contribution in [-0.4, -0.2) is 4.57 Å². The molecule has 6 heteroatoms. The number of benzene rings is 2. The van der Waals surface area contributed by atoms with E-state index >= 15 is 0 Å². The molecule has 2 nitrogen and oxygen atoms in total. The van der Waals surface area contributed by atoms with Gasteiger partial charge >= 0.3 is 0 Å². The van der Waals surface area contributed by atoms with Gasteiger partial charge in [0.05, 0.1) is 10.4 Å². The van der Waals surface area contributed by atoms with E-state index in [1.165, 1.54) is 4.88 Å². The van der Waals surface area contributed by atoms with Crippen LogP contribution in [0.2, 0.25) is 0 Å². The number of nitrogens with zero attached hydrogens (tertiary/aromatic N) is 1. The largest absolute Gasteiger partial charge is 0.429 e. The van der Waals surface area contributed by atoms with Gasteiger partial charge in [0.25, 0.3) is 4.84 Å². The maximum Gasteiger partial charge on any atom is 0.269 e. The first-order valence-electron chi connectivity index (χ1n) is 6.93. The zero-order valence-corrected chi connectivity index (χ0v) is 15.4. The normalized spacial score (nSPS) is 11.2. The molecule has 0 radical (unpaired) electrons. The molecular formula is C17H11NOS4. The predicted octanol–water partition coefficient (Wildman–Crippen LogP) is 6.69. The van der Waals surface area contributed by atoms with Crippen molar-refractivity contribution in [3.8, 4) is 21.6 Å². The van der Waals surface area contributed by atoms with E-state index in [1.54, 1.807) is 20.7 Å². The van der Waals surface area contributed by atoms with Crippen molar-refractivity contribution < 1.29 is 4.42 Å². The lowest BCUT2D eigenvalue weighted by atomic mass is 10.0. The summed E-state index contributed by atoms with van der Waals surface area (Å²) in [6, 6.07) is 16.5. The summed E-state index contributed by atoms with van der Waals surface area (Å²) < 4.78 is 8.47. The van der Waals surface area contributed by atoms with Crippen molar-refractivity contribution in [3.05, 3.63) is 57.2 Å². The summed E-state index contributed by atoms with van der Waals surface area (Å²) in [5, 5.41) is 0. The summed E-state index contributed by atoms with van der Waals surface area (Å²) in [7, 11) is 5.26. The molecule has 23 heavy (non-hydrogen) atoms. The van der Waals surface area contributed by atoms with Gasteiger partial charge in [-0.1, -0.05) is 69.3 Å². The quantitative estimate of drug-likeness (QED) is 0.288. The maximum atomic E-state index is 5.67. The molecule has 2 heterocycles. The summed E-state index contributed by atoms with van der Waals surface area (Å²) in [5.74, 6) is 0. The lowest BCUT2D eigenvalue weighted by Gasteiger charge is -2.04. The molecule has 114 valence electrons. The molecule has 2 aromatic heterocycles. The first-order chi connectivity index (χ1) is 11.1. The van der Waals surface area contributed by atoms with Crippen LogP contribution in [0.25, 0.3) is 32.7 Å². The Labute approximate surface area is 150 Å². The predicted molar refractivity (Wildman–Crippen MR) is 103 cm³/mol. The van der Waals surface area contributed by atoms with Crippen molar-refractivity contribution >= 4 is 56.2 Å². The zero-order chi connectivity index (χ0) is 16.0. The van der Waals surface area contributed by atoms with E-state index < -0.39 is 0 Å². The van der Waals surface area contributed by atoms with Gasteiger partial charge in [0.2, 0.25) is 0 Å². The SMILES string of the molecule is Cn1c(=S)oc2cc(-c3ssc(=S)c3-c3ccccc3)ccc21. The number of hydrogen-bond acceptors (Lipinski definition) is 5. The second kappa shape index (κ2) is 5.79. The minimum Gasteiger partial charge on any atom is -0.429 e. The van der Waals surface area contributed by atoms with Crippen molar-refractivity contribution in [1.82, 2.24) is 4.57 Å². The molecule has 0 bridgehead atoms. The summed E-state index contributed by atoms with van der Waals surface area (Å²) in [5.41, 5.74) is 5.19. The highest BCUT2D eigenvalue weighted by Gasteiger charge is 2.14. The summed E-state index contributed by atoms with van der Waals surface area (Å²) in [6.45, 7) is 0. The van der Waals surface area contributed by atoms with E-state index in [-0.39, 0.29) is 0 Å². The van der Waals surface area contributed by atoms with Crippen molar-refractivity contribution in [2.75, 3.05) is 0 Å². The molecule has 4 rings (SSSR count). The van der Waals surface area contributed by atoms with Gasteiger partial charge in [-0.25, -0.2) is 0 Å². The number of hydrogen-bond donors (Lipinski definition) is 0. The highest BCUT2D eigenvalue weighted by Crippen LogP contribution is 2.41. The molecule has 0 N–H and O–H groups in total. The van der Waals surface area contributed by atoms with E-state index in [4.69, 9.17) is 28.9 Å². The third-order valence-corrected chi connectivity index (χ3v) is 7.17. The smallest absolute Gasteiger partial charge is 0.269 e. The molecule has 0 spiro atoms. The molecule has 0 atom stereocenters. The Morgan fingerprint density at radius 3 is 2.52 bits per heavy atom. The van der Waals surface area contributed by atoms with E-state index in [1.807, 2.05) is 41.9 Å². The van der Waals surface area contributed by atoms with Crippen molar-refractivity contribution in [1.29, 1.82) is 0 Å². The van der Waals surface area contributed by atoms with Gasteiger partial charge in [-0.15, -0.1) is 0 Å². The molecular weight excluding hydrogens is 362 g/mol. The third kappa shape index (κ3) is 2.52. The molecule has 0 saturated heterocycles.